The summed E-state index contributed by atoms with van der Waals surface area (Å²) in [5.41, 5.74) is 0.675. The normalized spacial score (nSPS) is 28.4. The van der Waals surface area contributed by atoms with Crippen LogP contribution in [0.5, 0.6) is 0 Å². The third-order valence-corrected chi connectivity index (χ3v) is 6.77. The van der Waals surface area contributed by atoms with E-state index < -0.39 is 18.5 Å². The van der Waals surface area contributed by atoms with E-state index in [1.165, 1.54) is 19.3 Å². The first-order valence-electron chi connectivity index (χ1n) is 10.7. The molecule has 30 heavy (non-hydrogen) atoms. The van der Waals surface area contributed by atoms with Crippen molar-refractivity contribution in [3.8, 4) is 6.07 Å². The van der Waals surface area contributed by atoms with E-state index >= 15 is 0 Å². The molecule has 2 N–H and O–H groups in total. The van der Waals surface area contributed by atoms with Gasteiger partial charge in [-0.2, -0.15) is 5.26 Å². The number of rotatable bonds is 7. The molecule has 0 spiro atoms. The van der Waals surface area contributed by atoms with Gasteiger partial charge in [0.05, 0.1) is 18.1 Å². The van der Waals surface area contributed by atoms with Crippen molar-refractivity contribution in [3.63, 3.8) is 0 Å². The van der Waals surface area contributed by atoms with E-state index in [0.29, 0.717) is 29.0 Å². The number of amides is 2. The summed E-state index contributed by atoms with van der Waals surface area (Å²) in [6, 6.07) is 8.48. The summed E-state index contributed by atoms with van der Waals surface area (Å²) >= 11 is 0. The molecule has 1 aromatic rings. The van der Waals surface area contributed by atoms with Gasteiger partial charge < -0.3 is 15.4 Å². The molecule has 4 aliphatic rings. The number of nitrogens with one attached hydrogen (secondary N) is 2. The van der Waals surface area contributed by atoms with Gasteiger partial charge in [-0.15, -0.1) is 0 Å². The van der Waals surface area contributed by atoms with Gasteiger partial charge in [0.25, 0.3) is 5.91 Å². The second-order valence-electron chi connectivity index (χ2n) is 9.11. The van der Waals surface area contributed by atoms with Crippen molar-refractivity contribution < 1.29 is 19.1 Å². The molecular weight excluding hydrogens is 382 g/mol. The molecule has 158 valence electrons. The van der Waals surface area contributed by atoms with Crippen LogP contribution in [0.1, 0.15) is 50.5 Å². The third-order valence-electron chi connectivity index (χ3n) is 6.77. The highest BCUT2D eigenvalue weighted by molar-refractivity contribution is 5.93. The minimum atomic E-state index is -0.526. The summed E-state index contributed by atoms with van der Waals surface area (Å²) in [6.07, 6.45) is 6.84. The van der Waals surface area contributed by atoms with Crippen molar-refractivity contribution in [2.75, 3.05) is 18.5 Å². The maximum Gasteiger partial charge on any atom is 0.308 e. The van der Waals surface area contributed by atoms with Crippen LogP contribution in [0.3, 0.4) is 0 Å². The van der Waals surface area contributed by atoms with Crippen molar-refractivity contribution in [1.29, 1.82) is 5.26 Å². The largest absolute Gasteiger partial charge is 0.456 e. The molecule has 1 aromatic carbocycles. The first kappa shape index (κ1) is 20.4. The van der Waals surface area contributed by atoms with Gasteiger partial charge in [-0.25, -0.2) is 0 Å². The number of nitrogens with zero attached hydrogens (tertiary/aromatic N) is 1. The van der Waals surface area contributed by atoms with Gasteiger partial charge in [-0.05, 0) is 74.5 Å². The highest BCUT2D eigenvalue weighted by Gasteiger charge is 2.54. The zero-order valence-corrected chi connectivity index (χ0v) is 17.0. The van der Waals surface area contributed by atoms with E-state index in [2.05, 4.69) is 10.6 Å². The Labute approximate surface area is 176 Å². The number of carbonyl (C=O) groups is 3. The number of carbonyl (C=O) groups excluding carboxylic acids is 3. The van der Waals surface area contributed by atoms with E-state index in [1.54, 1.807) is 24.3 Å². The van der Waals surface area contributed by atoms with Gasteiger partial charge in [-0.3, -0.25) is 14.4 Å². The fourth-order valence-electron chi connectivity index (χ4n) is 5.94. The molecule has 2 amide bonds. The molecule has 0 atom stereocenters. The lowest BCUT2D eigenvalue weighted by molar-refractivity contribution is -0.148. The van der Waals surface area contributed by atoms with Crippen LogP contribution in [0.4, 0.5) is 5.69 Å². The Morgan fingerprint density at radius 2 is 1.77 bits per heavy atom. The summed E-state index contributed by atoms with van der Waals surface area (Å²) in [7, 11) is 0. The van der Waals surface area contributed by atoms with Crippen LogP contribution >= 0.6 is 0 Å². The Hall–Kier alpha value is -2.88. The fraction of sp³-hybridized carbons (Fsp3) is 0.565. The zero-order chi connectivity index (χ0) is 21.1. The molecule has 0 heterocycles. The highest BCUT2D eigenvalue weighted by atomic mass is 16.5. The molecular formula is C23H27N3O4. The van der Waals surface area contributed by atoms with E-state index in [9.17, 15) is 14.4 Å². The second kappa shape index (κ2) is 8.47. The quantitative estimate of drug-likeness (QED) is 0.673. The highest BCUT2D eigenvalue weighted by Crippen LogP contribution is 2.60. The Morgan fingerprint density at radius 1 is 1.10 bits per heavy atom. The number of hydrogen-bond donors (Lipinski definition) is 2. The topological polar surface area (TPSA) is 108 Å². The number of anilines is 1. The van der Waals surface area contributed by atoms with Crippen molar-refractivity contribution in [3.05, 3.63) is 29.8 Å². The third kappa shape index (κ3) is 4.48. The molecule has 0 saturated heterocycles. The summed E-state index contributed by atoms with van der Waals surface area (Å²) in [5, 5.41) is 14.4. The molecule has 5 rings (SSSR count). The summed E-state index contributed by atoms with van der Waals surface area (Å²) in [4.78, 5) is 36.7. The van der Waals surface area contributed by atoms with Crippen molar-refractivity contribution >= 4 is 23.5 Å². The molecule has 4 fully saturated rings. The number of esters is 1. The first-order chi connectivity index (χ1) is 14.5. The van der Waals surface area contributed by atoms with Crippen molar-refractivity contribution in [2.24, 2.45) is 23.2 Å². The Bertz CT molecular complexity index is 853. The minimum Gasteiger partial charge on any atom is -0.456 e. The average molecular weight is 409 g/mol. The predicted octanol–water partition coefficient (Wildman–Crippen LogP) is 2.76. The summed E-state index contributed by atoms with van der Waals surface area (Å²) in [6.45, 7) is -0.177. The monoisotopic (exact) mass is 409 g/mol. The summed E-state index contributed by atoms with van der Waals surface area (Å²) < 4.78 is 5.00. The van der Waals surface area contributed by atoms with Crippen LogP contribution in [0.25, 0.3) is 0 Å². The van der Waals surface area contributed by atoms with Crippen LogP contribution in [0.2, 0.25) is 0 Å². The molecule has 7 nitrogen and oxygen atoms in total. The van der Waals surface area contributed by atoms with Crippen LogP contribution in [-0.2, 0) is 19.1 Å². The minimum absolute atomic E-state index is 0.0370. The standard InChI is InChI=1S/C23H27N3O4/c24-13-15-2-1-3-19(9-15)26-20(27)14-30-21(28)4-5-25-22(29)23-10-16-6-17(11-23)8-18(7-16)12-23/h1-3,9,16-18H,4-8,10-12,14H2,(H,25,29)(H,26,27). The van der Waals surface area contributed by atoms with Crippen LogP contribution in [0.15, 0.2) is 24.3 Å². The Balaban J connectivity index is 1.17. The second-order valence-corrected chi connectivity index (χ2v) is 9.11. The number of hydrogen-bond acceptors (Lipinski definition) is 5. The molecule has 7 heteroatoms. The van der Waals surface area contributed by atoms with Crippen LogP contribution in [0, 0.1) is 34.5 Å². The van der Waals surface area contributed by atoms with Crippen LogP contribution < -0.4 is 10.6 Å². The average Bonchev–Trinajstić information content (AvgIpc) is 2.71. The smallest absolute Gasteiger partial charge is 0.308 e. The van der Waals surface area contributed by atoms with E-state index in [4.69, 9.17) is 10.00 Å². The molecule has 0 aliphatic heterocycles. The van der Waals surface area contributed by atoms with E-state index in [0.717, 1.165) is 19.3 Å². The molecule has 0 unspecified atom stereocenters. The lowest BCUT2D eigenvalue weighted by Gasteiger charge is -2.55. The van der Waals surface area contributed by atoms with Gasteiger partial charge in [0.2, 0.25) is 5.91 Å². The maximum absolute atomic E-state index is 12.8. The van der Waals surface area contributed by atoms with E-state index in [-0.39, 0.29) is 24.3 Å². The molecule has 4 bridgehead atoms. The SMILES string of the molecule is N#Cc1cccc(NC(=O)COC(=O)CCNC(=O)C23CC4CC(CC(C4)C2)C3)c1. The molecule has 4 aliphatic carbocycles. The lowest BCUT2D eigenvalue weighted by Crippen LogP contribution is -2.53. The Morgan fingerprint density at radius 3 is 2.40 bits per heavy atom. The van der Waals surface area contributed by atoms with Crippen molar-refractivity contribution in [1.82, 2.24) is 5.32 Å². The number of nitriles is 1. The predicted molar refractivity (Wildman–Crippen MR) is 109 cm³/mol. The van der Waals surface area contributed by atoms with Crippen molar-refractivity contribution in [2.45, 2.75) is 44.9 Å². The zero-order valence-electron chi connectivity index (χ0n) is 17.0. The van der Waals surface area contributed by atoms with Crippen LogP contribution in [-0.4, -0.2) is 30.9 Å². The molecule has 0 aromatic heterocycles. The van der Waals surface area contributed by atoms with Gasteiger partial charge in [0, 0.05) is 17.6 Å². The number of benzene rings is 1. The molecule has 0 radical (unpaired) electrons. The lowest BCUT2D eigenvalue weighted by atomic mass is 9.49. The van der Waals surface area contributed by atoms with Gasteiger partial charge >= 0.3 is 5.97 Å². The van der Waals surface area contributed by atoms with E-state index in [1.807, 2.05) is 6.07 Å². The fourth-order valence-corrected chi connectivity index (χ4v) is 5.94. The van der Waals surface area contributed by atoms with Gasteiger partial charge in [-0.1, -0.05) is 6.07 Å². The van der Waals surface area contributed by atoms with Gasteiger partial charge in [0.15, 0.2) is 6.61 Å². The summed E-state index contributed by atoms with van der Waals surface area (Å²) in [5.74, 6) is 1.17. The number of ether oxygens (including phenoxy) is 1. The maximum atomic E-state index is 12.8. The molecule has 4 saturated carbocycles. The first-order valence-corrected chi connectivity index (χ1v) is 10.7. The van der Waals surface area contributed by atoms with Gasteiger partial charge in [0.1, 0.15) is 0 Å². The Kier molecular flexibility index (Phi) is 5.76.